The van der Waals surface area contributed by atoms with E-state index >= 15 is 0 Å². The Morgan fingerprint density at radius 3 is 3.00 bits per heavy atom. The van der Waals surface area contributed by atoms with Crippen LogP contribution in [0.1, 0.15) is 0 Å². The van der Waals surface area contributed by atoms with E-state index in [0.29, 0.717) is 0 Å². The third-order valence-electron chi connectivity index (χ3n) is 0.921. The summed E-state index contributed by atoms with van der Waals surface area (Å²) in [4.78, 5) is 7.08. The topological polar surface area (TPSA) is 24.9 Å². The standard InChI is InChI=1S/C4H7BN2Si/c8-7-4-2-1-3-5-6-4/h1-3H,8H3,(H,6,7). The number of nitrogens with one attached hydrogen (secondary N) is 1. The van der Waals surface area contributed by atoms with Crippen LogP contribution in [0.3, 0.4) is 0 Å². The molecule has 0 aliphatic heterocycles. The fourth-order valence-corrected chi connectivity index (χ4v) is 0.806. The average molecular weight is 122 g/mol. The SMILES string of the molecule is [SiH3]Nc1cccbn1. The quantitative estimate of drug-likeness (QED) is 0.489. The molecule has 0 aliphatic carbocycles. The van der Waals surface area contributed by atoms with E-state index < -0.39 is 0 Å². The number of rotatable bonds is 1. The van der Waals surface area contributed by atoms with Crippen LogP contribution in [0.5, 0.6) is 0 Å². The van der Waals surface area contributed by atoms with Gasteiger partial charge in [-0.25, -0.2) is 0 Å². The summed E-state index contributed by atoms with van der Waals surface area (Å²) in [6.07, 6.45) is 0. The Balaban J connectivity index is 2.83. The molecule has 0 saturated heterocycles. The van der Waals surface area contributed by atoms with E-state index in [-0.39, 0.29) is 0 Å². The molecule has 1 N–H and O–H groups in total. The molecule has 1 rings (SSSR count). The first-order valence-electron chi connectivity index (χ1n) is 2.52. The Kier molecular flexibility index (Phi) is 1.80. The van der Waals surface area contributed by atoms with Crippen molar-refractivity contribution in [2.45, 2.75) is 0 Å². The monoisotopic (exact) mass is 122 g/mol. The Morgan fingerprint density at radius 1 is 1.75 bits per heavy atom. The molecule has 0 fully saturated rings. The first kappa shape index (κ1) is 5.50. The summed E-state index contributed by atoms with van der Waals surface area (Å²) in [7, 11) is 2.74. The van der Waals surface area contributed by atoms with Gasteiger partial charge in [0.25, 0.3) is 0 Å². The number of hydrogen-bond acceptors (Lipinski definition) is 2. The van der Waals surface area contributed by atoms with Crippen LogP contribution in [-0.2, 0) is 0 Å². The fourth-order valence-electron chi connectivity index (χ4n) is 0.511. The molecular weight excluding hydrogens is 115 g/mol. The van der Waals surface area contributed by atoms with Gasteiger partial charge in [0, 0.05) is 0 Å². The van der Waals surface area contributed by atoms with Gasteiger partial charge in [-0.2, -0.15) is 0 Å². The molecular formula is C4H7BN2Si. The molecule has 0 aliphatic rings. The fraction of sp³-hybridized carbons (Fsp3) is 0. The van der Waals surface area contributed by atoms with E-state index in [4.69, 9.17) is 0 Å². The summed E-state index contributed by atoms with van der Waals surface area (Å²) in [5, 5.41) is 0. The van der Waals surface area contributed by atoms with Crippen molar-refractivity contribution in [3.8, 4) is 0 Å². The third-order valence-corrected chi connectivity index (χ3v) is 1.43. The van der Waals surface area contributed by atoms with Gasteiger partial charge in [-0.1, -0.05) is 0 Å². The molecule has 4 heteroatoms. The molecule has 8 heavy (non-hydrogen) atoms. The Hall–Kier alpha value is -0.638. The number of nitrogens with zero attached hydrogens (tertiary/aromatic N) is 1. The van der Waals surface area contributed by atoms with Crippen molar-refractivity contribution < 1.29 is 0 Å². The van der Waals surface area contributed by atoms with Crippen LogP contribution in [0.2, 0.25) is 0 Å². The Morgan fingerprint density at radius 2 is 2.62 bits per heavy atom. The molecule has 0 aromatic carbocycles. The van der Waals surface area contributed by atoms with Crippen molar-refractivity contribution in [1.82, 2.24) is 4.89 Å². The van der Waals surface area contributed by atoms with E-state index in [1.54, 1.807) is 7.05 Å². The van der Waals surface area contributed by atoms with Crippen molar-refractivity contribution in [2.24, 2.45) is 0 Å². The molecule has 40 valence electrons. The Labute approximate surface area is 52.1 Å². The van der Waals surface area contributed by atoms with Crippen molar-refractivity contribution in [1.29, 1.82) is 0 Å². The van der Waals surface area contributed by atoms with Gasteiger partial charge in [-0.3, -0.25) is 0 Å². The van der Waals surface area contributed by atoms with Crippen LogP contribution in [0.15, 0.2) is 18.1 Å². The van der Waals surface area contributed by atoms with E-state index in [0.717, 1.165) is 16.2 Å². The molecule has 0 spiro atoms. The zero-order valence-electron chi connectivity index (χ0n) is 4.76. The van der Waals surface area contributed by atoms with Crippen molar-refractivity contribution >= 4 is 23.3 Å². The van der Waals surface area contributed by atoms with Crippen molar-refractivity contribution in [2.75, 3.05) is 4.98 Å². The van der Waals surface area contributed by atoms with Crippen LogP contribution in [0.25, 0.3) is 0 Å². The van der Waals surface area contributed by atoms with Crippen LogP contribution >= 0.6 is 0 Å². The molecule has 0 unspecified atom stereocenters. The predicted octanol–water partition coefficient (Wildman–Crippen LogP) is -0.888. The van der Waals surface area contributed by atoms with Gasteiger partial charge in [-0.05, 0) is 0 Å². The second-order valence-corrected chi connectivity index (χ2v) is 1.96. The molecule has 1 aromatic rings. The van der Waals surface area contributed by atoms with Gasteiger partial charge in [-0.15, -0.1) is 0 Å². The van der Waals surface area contributed by atoms with Gasteiger partial charge >= 0.3 is 51.2 Å². The van der Waals surface area contributed by atoms with Crippen LogP contribution < -0.4 is 4.98 Å². The number of aromatic nitrogens is 1. The second-order valence-electron chi connectivity index (χ2n) is 1.46. The Bertz CT molecular complexity index is 155. The van der Waals surface area contributed by atoms with Crippen LogP contribution in [-0.4, -0.2) is 22.3 Å². The van der Waals surface area contributed by atoms with E-state index in [2.05, 4.69) is 9.87 Å². The van der Waals surface area contributed by atoms with E-state index in [1.807, 2.05) is 18.1 Å². The van der Waals surface area contributed by atoms with E-state index in [1.165, 1.54) is 0 Å². The van der Waals surface area contributed by atoms with Gasteiger partial charge in [0.15, 0.2) is 0 Å². The predicted molar refractivity (Wildman–Crippen MR) is 39.1 cm³/mol. The normalized spacial score (nSPS) is 8.50. The zero-order valence-corrected chi connectivity index (χ0v) is 6.76. The van der Waals surface area contributed by atoms with Gasteiger partial charge in [0.2, 0.25) is 0 Å². The molecule has 1 heterocycles. The van der Waals surface area contributed by atoms with Gasteiger partial charge in [0.05, 0.1) is 0 Å². The third kappa shape index (κ3) is 1.16. The first-order valence-corrected chi connectivity index (χ1v) is 3.52. The van der Waals surface area contributed by atoms with Gasteiger partial charge in [0.1, 0.15) is 0 Å². The molecule has 0 amide bonds. The summed E-state index contributed by atoms with van der Waals surface area (Å²) < 4.78 is 0. The minimum absolute atomic E-state index is 0.964. The molecule has 1 aromatic heterocycles. The maximum absolute atomic E-state index is 4.02. The second kappa shape index (κ2) is 2.62. The maximum atomic E-state index is 4.02. The molecule has 0 atom stereocenters. The van der Waals surface area contributed by atoms with Crippen LogP contribution in [0, 0.1) is 0 Å². The van der Waals surface area contributed by atoms with E-state index in [9.17, 15) is 0 Å². The molecule has 0 saturated carbocycles. The van der Waals surface area contributed by atoms with Crippen LogP contribution in [0.4, 0.5) is 5.82 Å². The molecule has 2 nitrogen and oxygen atoms in total. The summed E-state index contributed by atoms with van der Waals surface area (Å²) >= 11 is 0. The number of anilines is 1. The van der Waals surface area contributed by atoms with Crippen molar-refractivity contribution in [3.05, 3.63) is 18.1 Å². The minimum atomic E-state index is 0.964. The van der Waals surface area contributed by atoms with Gasteiger partial charge < -0.3 is 0 Å². The first-order chi connectivity index (χ1) is 3.93. The number of hydrogen-bond donors (Lipinski definition) is 1. The zero-order chi connectivity index (χ0) is 5.82. The average Bonchev–Trinajstić information content (AvgIpc) is 1.90. The van der Waals surface area contributed by atoms with Crippen molar-refractivity contribution in [3.63, 3.8) is 0 Å². The molecule has 0 bridgehead atoms. The molecule has 0 radical (unpaired) electrons. The summed E-state index contributed by atoms with van der Waals surface area (Å²) in [5.41, 5.74) is 0. The summed E-state index contributed by atoms with van der Waals surface area (Å²) in [6, 6.07) is 3.92. The summed E-state index contributed by atoms with van der Waals surface area (Å²) in [5.74, 6) is 2.88. The summed E-state index contributed by atoms with van der Waals surface area (Å²) in [6.45, 7) is 0.